The fraction of sp³-hybridized carbons (Fsp3) is 0.111. The van der Waals surface area contributed by atoms with Gasteiger partial charge in [-0.1, -0.05) is 78.3 Å². The fourth-order valence-corrected chi connectivity index (χ4v) is 5.40. The molecule has 0 spiro atoms. The number of nitrogens with zero attached hydrogens (tertiary/aromatic N) is 1. The fourth-order valence-electron chi connectivity index (χ4n) is 5.04. The van der Waals surface area contributed by atoms with Crippen LogP contribution < -0.4 is 0 Å². The first-order valence-corrected chi connectivity index (χ1v) is 10.8. The highest BCUT2D eigenvalue weighted by Crippen LogP contribution is 2.50. The van der Waals surface area contributed by atoms with Gasteiger partial charge in [0.2, 0.25) is 0 Å². The van der Waals surface area contributed by atoms with Gasteiger partial charge in [0.1, 0.15) is 0 Å². The molecule has 0 N–H and O–H groups in total. The SMILES string of the molecule is CC1(C)c2cc(Br)ccc2-c2ccc(-n3c4ccccc4c4ccccc43)cc21. The number of benzene rings is 4. The Balaban J connectivity index is 1.66. The van der Waals surface area contributed by atoms with E-state index >= 15 is 0 Å². The first-order valence-electron chi connectivity index (χ1n) is 9.99. The smallest absolute Gasteiger partial charge is 0.0541 e. The molecule has 0 saturated carbocycles. The molecule has 4 aromatic carbocycles. The van der Waals surface area contributed by atoms with Gasteiger partial charge in [0.15, 0.2) is 0 Å². The summed E-state index contributed by atoms with van der Waals surface area (Å²) in [4.78, 5) is 0. The zero-order valence-electron chi connectivity index (χ0n) is 16.4. The zero-order valence-corrected chi connectivity index (χ0v) is 18.0. The lowest BCUT2D eigenvalue weighted by Gasteiger charge is -2.22. The Kier molecular flexibility index (Phi) is 3.43. The third-order valence-corrected chi connectivity index (χ3v) is 6.95. The molecule has 0 fully saturated rings. The van der Waals surface area contributed by atoms with E-state index in [0.717, 1.165) is 4.47 Å². The van der Waals surface area contributed by atoms with Crippen molar-refractivity contribution in [2.45, 2.75) is 19.3 Å². The maximum atomic E-state index is 3.66. The van der Waals surface area contributed by atoms with Crippen LogP contribution in [0.5, 0.6) is 0 Å². The largest absolute Gasteiger partial charge is 0.309 e. The molecule has 6 rings (SSSR count). The molecular formula is C27H20BrN. The second-order valence-corrected chi connectivity index (χ2v) is 9.33. The highest BCUT2D eigenvalue weighted by atomic mass is 79.9. The maximum absolute atomic E-state index is 3.66. The van der Waals surface area contributed by atoms with Crippen molar-refractivity contribution < 1.29 is 0 Å². The van der Waals surface area contributed by atoms with Crippen molar-refractivity contribution >= 4 is 37.7 Å². The van der Waals surface area contributed by atoms with E-state index in [4.69, 9.17) is 0 Å². The van der Waals surface area contributed by atoms with Crippen molar-refractivity contribution in [1.82, 2.24) is 4.57 Å². The van der Waals surface area contributed by atoms with Crippen LogP contribution in [0.15, 0.2) is 89.4 Å². The van der Waals surface area contributed by atoms with Crippen LogP contribution in [-0.2, 0) is 5.41 Å². The van der Waals surface area contributed by atoms with Crippen LogP contribution in [0, 0.1) is 0 Å². The summed E-state index contributed by atoms with van der Waals surface area (Å²) in [5, 5.41) is 2.60. The lowest BCUT2D eigenvalue weighted by Crippen LogP contribution is -2.15. The maximum Gasteiger partial charge on any atom is 0.0541 e. The van der Waals surface area contributed by atoms with E-state index in [2.05, 4.69) is 119 Å². The van der Waals surface area contributed by atoms with Crippen molar-refractivity contribution in [3.8, 4) is 16.8 Å². The second kappa shape index (κ2) is 5.84. The van der Waals surface area contributed by atoms with E-state index in [9.17, 15) is 0 Å². The topological polar surface area (TPSA) is 4.93 Å². The average Bonchev–Trinajstić information content (AvgIpc) is 3.18. The van der Waals surface area contributed by atoms with Crippen LogP contribution >= 0.6 is 15.9 Å². The van der Waals surface area contributed by atoms with Crippen molar-refractivity contribution in [3.05, 3.63) is 101 Å². The Hall–Kier alpha value is -2.84. The number of para-hydroxylation sites is 2. The molecule has 1 aliphatic rings. The lowest BCUT2D eigenvalue weighted by molar-refractivity contribution is 0.659. The van der Waals surface area contributed by atoms with Gasteiger partial charge in [-0.15, -0.1) is 0 Å². The molecule has 0 bridgehead atoms. The zero-order chi connectivity index (χ0) is 19.8. The summed E-state index contributed by atoms with van der Waals surface area (Å²) < 4.78 is 3.54. The average molecular weight is 438 g/mol. The van der Waals surface area contributed by atoms with E-state index in [1.807, 2.05) is 0 Å². The molecule has 1 heterocycles. The summed E-state index contributed by atoms with van der Waals surface area (Å²) in [6, 6.07) is 31.0. The number of hydrogen-bond donors (Lipinski definition) is 0. The van der Waals surface area contributed by atoms with E-state index in [1.54, 1.807) is 0 Å². The molecule has 2 heteroatoms. The molecule has 1 aliphatic carbocycles. The van der Waals surface area contributed by atoms with E-state index < -0.39 is 0 Å². The van der Waals surface area contributed by atoms with Gasteiger partial charge >= 0.3 is 0 Å². The van der Waals surface area contributed by atoms with Gasteiger partial charge in [-0.25, -0.2) is 0 Å². The third kappa shape index (κ3) is 2.27. The van der Waals surface area contributed by atoms with Gasteiger partial charge in [-0.3, -0.25) is 0 Å². The van der Waals surface area contributed by atoms with Gasteiger partial charge < -0.3 is 4.57 Å². The summed E-state index contributed by atoms with van der Waals surface area (Å²) in [5.41, 5.74) is 9.19. The number of halogens is 1. The van der Waals surface area contributed by atoms with E-state index in [0.29, 0.717) is 0 Å². The highest BCUT2D eigenvalue weighted by molar-refractivity contribution is 9.10. The van der Waals surface area contributed by atoms with Crippen molar-refractivity contribution in [3.63, 3.8) is 0 Å². The molecule has 1 aromatic heterocycles. The molecule has 0 saturated heterocycles. The molecule has 0 amide bonds. The predicted molar refractivity (Wildman–Crippen MR) is 126 cm³/mol. The number of rotatable bonds is 1. The van der Waals surface area contributed by atoms with Gasteiger partial charge in [0.05, 0.1) is 11.0 Å². The number of aromatic nitrogens is 1. The number of hydrogen-bond acceptors (Lipinski definition) is 0. The Bertz CT molecular complexity index is 1380. The van der Waals surface area contributed by atoms with Crippen molar-refractivity contribution in [2.24, 2.45) is 0 Å². The molecule has 0 unspecified atom stereocenters. The molecule has 140 valence electrons. The Morgan fingerprint density at radius 3 is 1.86 bits per heavy atom. The van der Waals surface area contributed by atoms with Crippen molar-refractivity contribution in [2.75, 3.05) is 0 Å². The van der Waals surface area contributed by atoms with Crippen molar-refractivity contribution in [1.29, 1.82) is 0 Å². The predicted octanol–water partition coefficient (Wildman–Crippen LogP) is 7.85. The summed E-state index contributed by atoms with van der Waals surface area (Å²) in [5.74, 6) is 0. The second-order valence-electron chi connectivity index (χ2n) is 8.41. The summed E-state index contributed by atoms with van der Waals surface area (Å²) in [6.07, 6.45) is 0. The van der Waals surface area contributed by atoms with Crippen LogP contribution in [0.4, 0.5) is 0 Å². The molecule has 1 nitrogen and oxygen atoms in total. The molecule has 0 aliphatic heterocycles. The normalized spacial score (nSPS) is 14.3. The van der Waals surface area contributed by atoms with Gasteiger partial charge in [0, 0.05) is 26.3 Å². The molecule has 5 aromatic rings. The summed E-state index contributed by atoms with van der Waals surface area (Å²) in [7, 11) is 0. The van der Waals surface area contributed by atoms with E-state index in [-0.39, 0.29) is 5.41 Å². The van der Waals surface area contributed by atoms with Gasteiger partial charge in [-0.05, 0) is 58.7 Å². The Labute approximate surface area is 178 Å². The minimum absolute atomic E-state index is 0.0246. The number of fused-ring (bicyclic) bond motifs is 6. The van der Waals surface area contributed by atoms with Crippen LogP contribution in [0.3, 0.4) is 0 Å². The quantitative estimate of drug-likeness (QED) is 0.251. The minimum atomic E-state index is -0.0246. The standard InChI is InChI=1S/C27H20BrN/c1-27(2)23-15-17(28)11-13-19(23)20-14-12-18(16-24(20)27)29-25-9-5-3-7-21(25)22-8-4-6-10-26(22)29/h3-16H,1-2H3. The van der Waals surface area contributed by atoms with Crippen LogP contribution in [0.2, 0.25) is 0 Å². The summed E-state index contributed by atoms with van der Waals surface area (Å²) >= 11 is 3.66. The van der Waals surface area contributed by atoms with Gasteiger partial charge in [0.25, 0.3) is 0 Å². The lowest BCUT2D eigenvalue weighted by atomic mass is 9.82. The molecular weight excluding hydrogens is 418 g/mol. The minimum Gasteiger partial charge on any atom is -0.309 e. The van der Waals surface area contributed by atoms with Gasteiger partial charge in [-0.2, -0.15) is 0 Å². The molecule has 29 heavy (non-hydrogen) atoms. The molecule has 0 radical (unpaired) electrons. The Morgan fingerprint density at radius 1 is 0.655 bits per heavy atom. The van der Waals surface area contributed by atoms with Crippen LogP contribution in [0.1, 0.15) is 25.0 Å². The van der Waals surface area contributed by atoms with Crippen LogP contribution in [-0.4, -0.2) is 4.57 Å². The molecule has 0 atom stereocenters. The third-order valence-electron chi connectivity index (χ3n) is 6.46. The monoisotopic (exact) mass is 437 g/mol. The first-order chi connectivity index (χ1) is 14.1. The Morgan fingerprint density at radius 2 is 1.21 bits per heavy atom. The van der Waals surface area contributed by atoms with E-state index in [1.165, 1.54) is 49.7 Å². The summed E-state index contributed by atoms with van der Waals surface area (Å²) in [6.45, 7) is 4.67. The highest BCUT2D eigenvalue weighted by Gasteiger charge is 2.35. The first kappa shape index (κ1) is 17.1. The van der Waals surface area contributed by atoms with Crippen LogP contribution in [0.25, 0.3) is 38.6 Å².